The quantitative estimate of drug-likeness (QED) is 0.523. The highest BCUT2D eigenvalue weighted by Gasteiger charge is 2.28. The van der Waals surface area contributed by atoms with Crippen LogP contribution in [0.5, 0.6) is 5.75 Å². The maximum absolute atomic E-state index is 13.1. The van der Waals surface area contributed by atoms with Crippen LogP contribution in [0, 0.1) is 0 Å². The minimum absolute atomic E-state index is 0.00805. The molecule has 1 N–H and O–H groups in total. The van der Waals surface area contributed by atoms with Crippen molar-refractivity contribution in [2.24, 2.45) is 0 Å². The van der Waals surface area contributed by atoms with Crippen molar-refractivity contribution in [2.75, 3.05) is 13.7 Å². The molecule has 0 aromatic heterocycles. The van der Waals surface area contributed by atoms with E-state index in [1.165, 1.54) is 0 Å². The second-order valence-corrected chi connectivity index (χ2v) is 9.66. The Labute approximate surface area is 198 Å². The first-order valence-electron chi connectivity index (χ1n) is 10.2. The lowest BCUT2D eigenvalue weighted by Gasteiger charge is -2.30. The highest BCUT2D eigenvalue weighted by Crippen LogP contribution is 2.31. The third kappa shape index (κ3) is 6.97. The number of amides is 2. The van der Waals surface area contributed by atoms with Crippen LogP contribution < -0.4 is 10.1 Å². The van der Waals surface area contributed by atoms with Crippen molar-refractivity contribution in [3.05, 3.63) is 63.1 Å². The summed E-state index contributed by atoms with van der Waals surface area (Å²) in [6, 6.07) is 12.5. The fourth-order valence-corrected chi connectivity index (χ4v) is 3.80. The molecule has 5 nitrogen and oxygen atoms in total. The normalized spacial score (nSPS) is 12.2. The number of carbonyl (C=O) groups excluding carboxylic acids is 2. The Balaban J connectivity index is 2.20. The first-order chi connectivity index (χ1) is 14.6. The number of rotatable bonds is 8. The molecule has 0 aliphatic heterocycles. The van der Waals surface area contributed by atoms with Crippen molar-refractivity contribution in [2.45, 2.75) is 52.1 Å². The van der Waals surface area contributed by atoms with E-state index in [9.17, 15) is 9.59 Å². The second kappa shape index (κ2) is 11.0. The summed E-state index contributed by atoms with van der Waals surface area (Å²) in [6.07, 6.45) is 0.489. The van der Waals surface area contributed by atoms with E-state index in [-0.39, 0.29) is 30.4 Å². The van der Waals surface area contributed by atoms with Crippen molar-refractivity contribution in [1.29, 1.82) is 0 Å². The molecule has 0 saturated carbocycles. The van der Waals surface area contributed by atoms with E-state index in [4.69, 9.17) is 16.3 Å². The van der Waals surface area contributed by atoms with Gasteiger partial charge >= 0.3 is 0 Å². The van der Waals surface area contributed by atoms with Crippen LogP contribution in [0.25, 0.3) is 0 Å². The summed E-state index contributed by atoms with van der Waals surface area (Å²) in [6.45, 7) is 8.40. The maximum atomic E-state index is 13.1. The van der Waals surface area contributed by atoms with Gasteiger partial charge in [-0.1, -0.05) is 57.5 Å². The molecule has 0 spiro atoms. The van der Waals surface area contributed by atoms with Crippen LogP contribution in [0.4, 0.5) is 0 Å². The fraction of sp³-hybridized carbons (Fsp3) is 0.417. The van der Waals surface area contributed by atoms with E-state index in [2.05, 4.69) is 42.0 Å². The van der Waals surface area contributed by atoms with Gasteiger partial charge < -0.3 is 15.0 Å². The van der Waals surface area contributed by atoms with Gasteiger partial charge in [-0.3, -0.25) is 9.59 Å². The number of hydrogen-bond acceptors (Lipinski definition) is 3. The third-order valence-corrected chi connectivity index (χ3v) is 5.92. The third-order valence-electron chi connectivity index (χ3n) is 5.05. The van der Waals surface area contributed by atoms with Crippen LogP contribution in [-0.4, -0.2) is 36.4 Å². The molecule has 0 fully saturated rings. The van der Waals surface area contributed by atoms with Crippen molar-refractivity contribution in [3.63, 3.8) is 0 Å². The summed E-state index contributed by atoms with van der Waals surface area (Å²) in [4.78, 5) is 27.1. The molecule has 0 saturated heterocycles. The van der Waals surface area contributed by atoms with Crippen LogP contribution in [-0.2, 0) is 21.5 Å². The number of halogens is 2. The topological polar surface area (TPSA) is 58.6 Å². The number of ether oxygens (including phenoxy) is 1. The number of hydrogen-bond donors (Lipinski definition) is 1. The highest BCUT2D eigenvalue weighted by atomic mass is 79.9. The van der Waals surface area contributed by atoms with Crippen molar-refractivity contribution in [1.82, 2.24) is 10.2 Å². The zero-order valence-corrected chi connectivity index (χ0v) is 21.0. The zero-order chi connectivity index (χ0) is 23.2. The first kappa shape index (κ1) is 25.2. The van der Waals surface area contributed by atoms with Gasteiger partial charge in [-0.2, -0.15) is 0 Å². The Hall–Kier alpha value is -2.05. The van der Waals surface area contributed by atoms with Gasteiger partial charge in [0.1, 0.15) is 11.8 Å². The molecule has 7 heteroatoms. The van der Waals surface area contributed by atoms with E-state index in [1.54, 1.807) is 24.1 Å². The molecule has 0 aliphatic carbocycles. The summed E-state index contributed by atoms with van der Waals surface area (Å²) in [7, 11) is 1.57. The van der Waals surface area contributed by atoms with E-state index >= 15 is 0 Å². The van der Waals surface area contributed by atoms with E-state index in [0.29, 0.717) is 17.2 Å². The van der Waals surface area contributed by atoms with Crippen LogP contribution in [0.3, 0.4) is 0 Å². The zero-order valence-electron chi connectivity index (χ0n) is 18.7. The predicted octanol–water partition coefficient (Wildman–Crippen LogP) is 5.33. The Morgan fingerprint density at radius 2 is 1.81 bits per heavy atom. The lowest BCUT2D eigenvalue weighted by molar-refractivity contribution is -0.142. The van der Waals surface area contributed by atoms with E-state index < -0.39 is 6.04 Å². The monoisotopic (exact) mass is 508 g/mol. The van der Waals surface area contributed by atoms with Gasteiger partial charge in [-0.05, 0) is 63.2 Å². The molecule has 31 heavy (non-hydrogen) atoms. The lowest BCUT2D eigenvalue weighted by atomic mass is 9.87. The van der Waals surface area contributed by atoms with Crippen molar-refractivity contribution >= 4 is 39.3 Å². The van der Waals surface area contributed by atoms with Gasteiger partial charge in [0.15, 0.2) is 6.61 Å². The van der Waals surface area contributed by atoms with Crippen LogP contribution >= 0.6 is 27.5 Å². The molecule has 2 aromatic carbocycles. The van der Waals surface area contributed by atoms with Crippen molar-refractivity contribution in [3.8, 4) is 5.75 Å². The smallest absolute Gasteiger partial charge is 0.261 e. The Kier molecular flexibility index (Phi) is 8.95. The standard InChI is InChI=1S/C24H30BrClN2O3/c1-6-20(23(30)27-5)28(14-16-7-10-18(26)11-8-16)22(29)15-31-21-12-9-17(13-19(21)25)24(2,3)4/h7-13,20H,6,14-15H2,1-5H3,(H,27,30)/t20-/m1/s1. The predicted molar refractivity (Wildman–Crippen MR) is 128 cm³/mol. The van der Waals surface area contributed by atoms with Gasteiger partial charge in [-0.15, -0.1) is 0 Å². The number of nitrogens with one attached hydrogen (secondary N) is 1. The SMILES string of the molecule is CC[C@H](C(=O)NC)N(Cc1ccc(Cl)cc1)C(=O)COc1ccc(C(C)(C)C)cc1Br. The molecular formula is C24H30BrClN2O3. The molecule has 2 aromatic rings. The largest absolute Gasteiger partial charge is 0.483 e. The summed E-state index contributed by atoms with van der Waals surface area (Å²) in [5.41, 5.74) is 2.05. The molecule has 2 rings (SSSR count). The van der Waals surface area contributed by atoms with Gasteiger partial charge in [0.2, 0.25) is 5.91 Å². The Bertz CT molecular complexity index is 910. The molecule has 0 radical (unpaired) electrons. The summed E-state index contributed by atoms with van der Waals surface area (Å²) in [5.74, 6) is 0.110. The van der Waals surface area contributed by atoms with Gasteiger partial charge in [0.05, 0.1) is 4.47 Å². The van der Waals surface area contributed by atoms with Crippen molar-refractivity contribution < 1.29 is 14.3 Å². The number of benzene rings is 2. The summed E-state index contributed by atoms with van der Waals surface area (Å²) < 4.78 is 6.61. The Morgan fingerprint density at radius 3 is 2.32 bits per heavy atom. The van der Waals surface area contributed by atoms with Crippen LogP contribution in [0.1, 0.15) is 45.2 Å². The fourth-order valence-electron chi connectivity index (χ4n) is 3.18. The molecule has 0 bridgehead atoms. The van der Waals surface area contributed by atoms with Gasteiger partial charge in [0.25, 0.3) is 5.91 Å². The number of nitrogens with zero attached hydrogens (tertiary/aromatic N) is 1. The second-order valence-electron chi connectivity index (χ2n) is 8.37. The van der Waals surface area contributed by atoms with E-state index in [1.807, 2.05) is 37.3 Å². The molecular weight excluding hydrogens is 480 g/mol. The molecule has 0 aliphatic rings. The number of likely N-dealkylation sites (N-methyl/N-ethyl adjacent to an activating group) is 1. The molecule has 0 unspecified atom stereocenters. The summed E-state index contributed by atoms with van der Waals surface area (Å²) in [5, 5.41) is 3.26. The van der Waals surface area contributed by atoms with E-state index in [0.717, 1.165) is 15.6 Å². The minimum atomic E-state index is -0.594. The average molecular weight is 510 g/mol. The lowest BCUT2D eigenvalue weighted by Crippen LogP contribution is -2.49. The molecule has 168 valence electrons. The average Bonchev–Trinajstić information content (AvgIpc) is 2.72. The molecule has 1 atom stereocenters. The summed E-state index contributed by atoms with van der Waals surface area (Å²) >= 11 is 9.51. The minimum Gasteiger partial charge on any atom is -0.483 e. The highest BCUT2D eigenvalue weighted by molar-refractivity contribution is 9.10. The first-order valence-corrected chi connectivity index (χ1v) is 11.4. The molecule has 0 heterocycles. The van der Waals surface area contributed by atoms with Gasteiger partial charge in [0, 0.05) is 18.6 Å². The van der Waals surface area contributed by atoms with Crippen LogP contribution in [0.2, 0.25) is 5.02 Å². The maximum Gasteiger partial charge on any atom is 0.261 e. The molecule has 2 amide bonds. The Morgan fingerprint density at radius 1 is 1.16 bits per heavy atom. The van der Waals surface area contributed by atoms with Crippen LogP contribution in [0.15, 0.2) is 46.9 Å². The number of carbonyl (C=O) groups is 2. The van der Waals surface area contributed by atoms with Gasteiger partial charge in [-0.25, -0.2) is 0 Å².